The molecule has 0 spiro atoms. The van der Waals surface area contributed by atoms with Gasteiger partial charge in [-0.15, -0.1) is 11.3 Å². The number of aromatic nitrogens is 2. The first-order chi connectivity index (χ1) is 12.4. The van der Waals surface area contributed by atoms with E-state index in [2.05, 4.69) is 10.3 Å². The largest absolute Gasteiger partial charge is 0.478 e. The third kappa shape index (κ3) is 3.36. The van der Waals surface area contributed by atoms with E-state index in [1.165, 1.54) is 9.95 Å². The number of amides is 1. The summed E-state index contributed by atoms with van der Waals surface area (Å²) >= 11 is 1.10. The number of benzene rings is 1. The molecule has 1 aromatic carbocycles. The summed E-state index contributed by atoms with van der Waals surface area (Å²) < 4.78 is 1.19. The van der Waals surface area contributed by atoms with Gasteiger partial charge < -0.3 is 10.4 Å². The number of carbonyl (C=O) groups is 2. The fraction of sp³-hybridized carbons (Fsp3) is 0.222. The maximum atomic E-state index is 12.7. The van der Waals surface area contributed by atoms with Crippen LogP contribution in [0.4, 0.5) is 5.69 Å². The molecule has 3 aromatic rings. The van der Waals surface area contributed by atoms with Crippen molar-refractivity contribution >= 4 is 39.1 Å². The van der Waals surface area contributed by atoms with Gasteiger partial charge in [0.25, 0.3) is 5.56 Å². The zero-order chi connectivity index (χ0) is 18.8. The molecule has 0 aliphatic carbocycles. The second-order valence-corrected chi connectivity index (χ2v) is 6.64. The SMILES string of the molecule is CCc1ccc(NC(=O)Cn2c(C)nc3scc(C(=O)O)c3c2=O)cc1. The number of hydrogen-bond acceptors (Lipinski definition) is 5. The van der Waals surface area contributed by atoms with E-state index in [1.807, 2.05) is 19.1 Å². The molecular weight excluding hydrogens is 354 g/mol. The van der Waals surface area contributed by atoms with Crippen LogP contribution >= 0.6 is 11.3 Å². The number of aryl methyl sites for hydroxylation is 2. The summed E-state index contributed by atoms with van der Waals surface area (Å²) in [5.41, 5.74) is 1.17. The molecule has 0 saturated heterocycles. The topological polar surface area (TPSA) is 101 Å². The van der Waals surface area contributed by atoms with Crippen molar-refractivity contribution in [3.63, 3.8) is 0 Å². The third-order valence-corrected chi connectivity index (χ3v) is 4.93. The molecule has 1 amide bonds. The lowest BCUT2D eigenvalue weighted by Gasteiger charge is -2.10. The highest BCUT2D eigenvalue weighted by atomic mass is 32.1. The molecule has 0 bridgehead atoms. The summed E-state index contributed by atoms with van der Waals surface area (Å²) in [5.74, 6) is -1.21. The second kappa shape index (κ2) is 7.09. The first-order valence-corrected chi connectivity index (χ1v) is 8.89. The highest BCUT2D eigenvalue weighted by Crippen LogP contribution is 2.21. The maximum Gasteiger partial charge on any atom is 0.337 e. The van der Waals surface area contributed by atoms with E-state index in [1.54, 1.807) is 19.1 Å². The van der Waals surface area contributed by atoms with Crippen molar-refractivity contribution in [3.05, 3.63) is 57.0 Å². The van der Waals surface area contributed by atoms with Gasteiger partial charge in [0.1, 0.15) is 17.2 Å². The molecule has 0 unspecified atom stereocenters. The number of nitrogens with one attached hydrogen (secondary N) is 1. The number of anilines is 1. The minimum atomic E-state index is -1.19. The van der Waals surface area contributed by atoms with E-state index in [-0.39, 0.29) is 23.4 Å². The van der Waals surface area contributed by atoms with Gasteiger partial charge in [0.15, 0.2) is 0 Å². The number of thiophene rings is 1. The van der Waals surface area contributed by atoms with E-state index in [9.17, 15) is 19.5 Å². The number of rotatable bonds is 5. The van der Waals surface area contributed by atoms with Crippen LogP contribution in [0.1, 0.15) is 28.7 Å². The highest BCUT2D eigenvalue weighted by Gasteiger charge is 2.19. The molecule has 3 rings (SSSR count). The van der Waals surface area contributed by atoms with Crippen LogP contribution in [0.25, 0.3) is 10.2 Å². The van der Waals surface area contributed by atoms with Crippen molar-refractivity contribution in [2.75, 3.05) is 5.32 Å². The van der Waals surface area contributed by atoms with Crippen LogP contribution in [0, 0.1) is 6.92 Å². The molecule has 2 heterocycles. The van der Waals surface area contributed by atoms with Crippen LogP contribution in [-0.2, 0) is 17.8 Å². The van der Waals surface area contributed by atoms with Gasteiger partial charge in [-0.1, -0.05) is 19.1 Å². The zero-order valence-corrected chi connectivity index (χ0v) is 15.1. The Morgan fingerprint density at radius 3 is 2.58 bits per heavy atom. The smallest absolute Gasteiger partial charge is 0.337 e. The van der Waals surface area contributed by atoms with Crippen LogP contribution in [0.15, 0.2) is 34.4 Å². The lowest BCUT2D eigenvalue weighted by molar-refractivity contribution is -0.116. The summed E-state index contributed by atoms with van der Waals surface area (Å²) in [6.45, 7) is 3.42. The quantitative estimate of drug-likeness (QED) is 0.718. The molecular formula is C18H17N3O4S. The van der Waals surface area contributed by atoms with Gasteiger partial charge in [0, 0.05) is 11.1 Å². The van der Waals surface area contributed by atoms with Crippen molar-refractivity contribution < 1.29 is 14.7 Å². The summed E-state index contributed by atoms with van der Waals surface area (Å²) in [5, 5.41) is 13.4. The van der Waals surface area contributed by atoms with Crippen LogP contribution < -0.4 is 10.9 Å². The first-order valence-electron chi connectivity index (χ1n) is 8.01. The van der Waals surface area contributed by atoms with E-state index in [0.29, 0.717) is 16.3 Å². The van der Waals surface area contributed by atoms with Crippen molar-refractivity contribution in [2.45, 2.75) is 26.8 Å². The molecule has 26 heavy (non-hydrogen) atoms. The van der Waals surface area contributed by atoms with Crippen molar-refractivity contribution in [2.24, 2.45) is 0 Å². The van der Waals surface area contributed by atoms with E-state index in [0.717, 1.165) is 23.3 Å². The lowest BCUT2D eigenvalue weighted by atomic mass is 10.1. The van der Waals surface area contributed by atoms with Crippen LogP contribution in [0.5, 0.6) is 0 Å². The number of fused-ring (bicyclic) bond motifs is 1. The Balaban J connectivity index is 1.89. The second-order valence-electron chi connectivity index (χ2n) is 5.78. The Hall–Kier alpha value is -3.00. The molecule has 0 atom stereocenters. The predicted octanol–water partition coefficient (Wildman–Crippen LogP) is 2.67. The van der Waals surface area contributed by atoms with Gasteiger partial charge in [-0.2, -0.15) is 0 Å². The molecule has 8 heteroatoms. The van der Waals surface area contributed by atoms with Gasteiger partial charge >= 0.3 is 5.97 Å². The van der Waals surface area contributed by atoms with Gasteiger partial charge in [-0.05, 0) is 31.0 Å². The normalized spacial score (nSPS) is 10.8. The first kappa shape index (κ1) is 17.8. The van der Waals surface area contributed by atoms with Crippen LogP contribution in [0.3, 0.4) is 0 Å². The average molecular weight is 371 g/mol. The van der Waals surface area contributed by atoms with Gasteiger partial charge in [-0.3, -0.25) is 14.2 Å². The molecule has 0 fully saturated rings. The van der Waals surface area contributed by atoms with E-state index < -0.39 is 11.5 Å². The Morgan fingerprint density at radius 2 is 1.96 bits per heavy atom. The summed E-state index contributed by atoms with van der Waals surface area (Å²) in [6.07, 6.45) is 0.904. The number of aromatic carboxylic acids is 1. The zero-order valence-electron chi connectivity index (χ0n) is 14.3. The fourth-order valence-corrected chi connectivity index (χ4v) is 3.59. The molecule has 2 aromatic heterocycles. The highest BCUT2D eigenvalue weighted by molar-refractivity contribution is 7.17. The third-order valence-electron chi connectivity index (χ3n) is 4.06. The Kier molecular flexibility index (Phi) is 4.85. The van der Waals surface area contributed by atoms with Crippen LogP contribution in [0.2, 0.25) is 0 Å². The minimum absolute atomic E-state index is 0.0354. The van der Waals surface area contributed by atoms with Crippen molar-refractivity contribution in [1.29, 1.82) is 0 Å². The molecule has 0 aliphatic heterocycles. The van der Waals surface area contributed by atoms with Gasteiger partial charge in [0.05, 0.1) is 10.9 Å². The lowest BCUT2D eigenvalue weighted by Crippen LogP contribution is -2.30. The summed E-state index contributed by atoms with van der Waals surface area (Å²) in [4.78, 5) is 40.9. The average Bonchev–Trinajstić information content (AvgIpc) is 3.03. The fourth-order valence-electron chi connectivity index (χ4n) is 2.64. The molecule has 2 N–H and O–H groups in total. The summed E-state index contributed by atoms with van der Waals surface area (Å²) in [6, 6.07) is 7.45. The standard InChI is InChI=1S/C18H17N3O4S/c1-3-11-4-6-12(7-5-11)20-14(22)8-21-10(2)19-16-15(17(21)23)13(9-26-16)18(24)25/h4-7,9H,3,8H2,1-2H3,(H,20,22)(H,24,25). The van der Waals surface area contributed by atoms with Gasteiger partial charge in [-0.25, -0.2) is 9.78 Å². The number of carboxylic acid groups (broad SMARTS) is 1. The van der Waals surface area contributed by atoms with Crippen LogP contribution in [-0.4, -0.2) is 26.5 Å². The van der Waals surface area contributed by atoms with E-state index in [4.69, 9.17) is 0 Å². The molecule has 7 nitrogen and oxygen atoms in total. The minimum Gasteiger partial charge on any atom is -0.478 e. The number of nitrogens with zero attached hydrogens (tertiary/aromatic N) is 2. The molecule has 0 saturated carbocycles. The molecule has 134 valence electrons. The molecule has 0 aliphatic rings. The monoisotopic (exact) mass is 371 g/mol. The van der Waals surface area contributed by atoms with Crippen molar-refractivity contribution in [1.82, 2.24) is 9.55 Å². The number of carbonyl (C=O) groups excluding carboxylic acids is 1. The van der Waals surface area contributed by atoms with Crippen molar-refractivity contribution in [3.8, 4) is 0 Å². The predicted molar refractivity (Wildman–Crippen MR) is 100 cm³/mol. The Bertz CT molecular complexity index is 1050. The Morgan fingerprint density at radius 1 is 1.27 bits per heavy atom. The van der Waals surface area contributed by atoms with Gasteiger partial charge in [0.2, 0.25) is 5.91 Å². The number of hydrogen-bond donors (Lipinski definition) is 2. The Labute approximate surface area is 152 Å². The number of carboxylic acids is 1. The molecule has 0 radical (unpaired) electrons. The van der Waals surface area contributed by atoms with E-state index >= 15 is 0 Å². The maximum absolute atomic E-state index is 12.7. The summed E-state index contributed by atoms with van der Waals surface area (Å²) in [7, 11) is 0.